The second kappa shape index (κ2) is 8.52. The molecule has 0 atom stereocenters. The third kappa shape index (κ3) is 6.04. The molecule has 1 aromatic carbocycles. The van der Waals surface area contributed by atoms with Gasteiger partial charge in [-0.15, -0.1) is 0 Å². The number of likely N-dealkylation sites (tertiary alicyclic amines) is 1. The molecule has 1 fully saturated rings. The average Bonchev–Trinajstić information content (AvgIpc) is 2.99. The lowest BCUT2D eigenvalue weighted by Crippen LogP contribution is -2.29. The van der Waals surface area contributed by atoms with Gasteiger partial charge < -0.3 is 20.7 Å². The second-order valence-corrected chi connectivity index (χ2v) is 5.42. The zero-order valence-electron chi connectivity index (χ0n) is 12.5. The number of rotatable bonds is 8. The minimum absolute atomic E-state index is 0.0480. The molecule has 1 aromatic rings. The second-order valence-electron chi connectivity index (χ2n) is 5.42. The van der Waals surface area contributed by atoms with E-state index in [0.29, 0.717) is 18.7 Å². The molecule has 5 nitrogen and oxygen atoms in total. The van der Waals surface area contributed by atoms with Crippen molar-refractivity contribution in [2.24, 2.45) is 0 Å². The fourth-order valence-corrected chi connectivity index (χ4v) is 2.45. The molecule has 0 spiro atoms. The van der Waals surface area contributed by atoms with Gasteiger partial charge in [-0.25, -0.2) is 0 Å². The number of nitrogens with two attached hydrogens (primary N) is 1. The Hall–Kier alpha value is -1.75. The van der Waals surface area contributed by atoms with Gasteiger partial charge in [0.25, 0.3) is 0 Å². The van der Waals surface area contributed by atoms with Crippen LogP contribution in [0, 0.1) is 0 Å². The van der Waals surface area contributed by atoms with Crippen LogP contribution >= 0.6 is 0 Å². The third-order valence-electron chi connectivity index (χ3n) is 3.65. The van der Waals surface area contributed by atoms with E-state index in [0.717, 1.165) is 25.3 Å². The monoisotopic (exact) mass is 291 g/mol. The van der Waals surface area contributed by atoms with Crippen molar-refractivity contribution in [3.63, 3.8) is 0 Å². The number of carbonyl (C=O) groups is 1. The molecule has 0 unspecified atom stereocenters. The summed E-state index contributed by atoms with van der Waals surface area (Å²) in [6.07, 6.45) is 4.03. The first-order valence-corrected chi connectivity index (χ1v) is 7.71. The predicted octanol–water partition coefficient (Wildman–Crippen LogP) is 1.64. The van der Waals surface area contributed by atoms with Crippen molar-refractivity contribution in [3.8, 4) is 5.75 Å². The maximum Gasteiger partial charge on any atom is 0.223 e. The van der Waals surface area contributed by atoms with Crippen molar-refractivity contribution >= 4 is 11.6 Å². The molecule has 5 heteroatoms. The van der Waals surface area contributed by atoms with E-state index in [9.17, 15) is 4.79 Å². The first kappa shape index (κ1) is 15.6. The smallest absolute Gasteiger partial charge is 0.223 e. The Morgan fingerprint density at radius 1 is 1.24 bits per heavy atom. The van der Waals surface area contributed by atoms with Gasteiger partial charge in [0.1, 0.15) is 5.75 Å². The van der Waals surface area contributed by atoms with Gasteiger partial charge in [-0.1, -0.05) is 0 Å². The van der Waals surface area contributed by atoms with Crippen molar-refractivity contribution in [1.82, 2.24) is 10.2 Å². The van der Waals surface area contributed by atoms with Crippen molar-refractivity contribution in [2.45, 2.75) is 25.7 Å². The van der Waals surface area contributed by atoms with Crippen LogP contribution in [0.1, 0.15) is 25.7 Å². The van der Waals surface area contributed by atoms with Crippen LogP contribution in [0.15, 0.2) is 24.3 Å². The number of nitrogens with zero attached hydrogens (tertiary/aromatic N) is 1. The number of hydrogen-bond acceptors (Lipinski definition) is 4. The SMILES string of the molecule is Nc1ccc(OCCC(=O)NCCCN2CCCC2)cc1. The number of benzene rings is 1. The molecule has 2 rings (SSSR count). The number of anilines is 1. The summed E-state index contributed by atoms with van der Waals surface area (Å²) >= 11 is 0. The van der Waals surface area contributed by atoms with Crippen molar-refractivity contribution in [3.05, 3.63) is 24.3 Å². The maximum absolute atomic E-state index is 11.7. The maximum atomic E-state index is 11.7. The molecule has 116 valence electrons. The number of carbonyl (C=O) groups excluding carboxylic acids is 1. The van der Waals surface area contributed by atoms with Gasteiger partial charge >= 0.3 is 0 Å². The van der Waals surface area contributed by atoms with Crippen LogP contribution in [-0.2, 0) is 4.79 Å². The molecule has 0 saturated carbocycles. The van der Waals surface area contributed by atoms with E-state index in [-0.39, 0.29) is 5.91 Å². The van der Waals surface area contributed by atoms with E-state index >= 15 is 0 Å². The summed E-state index contributed by atoms with van der Waals surface area (Å²) in [7, 11) is 0. The van der Waals surface area contributed by atoms with Gasteiger partial charge in [0, 0.05) is 12.2 Å². The van der Waals surface area contributed by atoms with E-state index < -0.39 is 0 Å². The molecule has 1 amide bonds. The molecule has 1 aliphatic rings. The molecule has 0 radical (unpaired) electrons. The van der Waals surface area contributed by atoms with Gasteiger partial charge in [-0.05, 0) is 63.2 Å². The van der Waals surface area contributed by atoms with Crippen LogP contribution in [0.3, 0.4) is 0 Å². The first-order valence-electron chi connectivity index (χ1n) is 7.71. The fraction of sp³-hybridized carbons (Fsp3) is 0.562. The van der Waals surface area contributed by atoms with Crippen LogP contribution in [-0.4, -0.2) is 43.6 Å². The highest BCUT2D eigenvalue weighted by molar-refractivity contribution is 5.75. The van der Waals surface area contributed by atoms with E-state index in [1.165, 1.54) is 25.9 Å². The van der Waals surface area contributed by atoms with Crippen LogP contribution in [0.4, 0.5) is 5.69 Å². The number of nitrogens with one attached hydrogen (secondary N) is 1. The quantitative estimate of drug-likeness (QED) is 0.564. The van der Waals surface area contributed by atoms with Gasteiger partial charge in [0.15, 0.2) is 0 Å². The van der Waals surface area contributed by atoms with Gasteiger partial charge in [0.2, 0.25) is 5.91 Å². The summed E-state index contributed by atoms with van der Waals surface area (Å²) in [6, 6.07) is 7.19. The minimum atomic E-state index is 0.0480. The lowest BCUT2D eigenvalue weighted by molar-refractivity contribution is -0.121. The van der Waals surface area contributed by atoms with E-state index in [1.54, 1.807) is 12.1 Å². The Morgan fingerprint density at radius 3 is 2.67 bits per heavy atom. The number of amides is 1. The largest absolute Gasteiger partial charge is 0.493 e. The molecular weight excluding hydrogens is 266 g/mol. The lowest BCUT2D eigenvalue weighted by atomic mass is 10.3. The molecule has 0 aromatic heterocycles. The zero-order chi connectivity index (χ0) is 14.9. The topological polar surface area (TPSA) is 67.6 Å². The molecule has 1 heterocycles. The summed E-state index contributed by atoms with van der Waals surface area (Å²) < 4.78 is 5.49. The molecule has 0 bridgehead atoms. The Labute approximate surface area is 126 Å². The summed E-state index contributed by atoms with van der Waals surface area (Å²) in [5.41, 5.74) is 6.30. The Bertz CT molecular complexity index is 428. The molecule has 1 aliphatic heterocycles. The van der Waals surface area contributed by atoms with Gasteiger partial charge in [-0.3, -0.25) is 4.79 Å². The standard InChI is InChI=1S/C16H25N3O2/c17-14-4-6-15(7-5-14)21-13-8-16(20)18-9-3-12-19-10-1-2-11-19/h4-7H,1-3,8-13,17H2,(H,18,20). The van der Waals surface area contributed by atoms with Crippen LogP contribution in [0.2, 0.25) is 0 Å². The molecule has 21 heavy (non-hydrogen) atoms. The normalized spacial score (nSPS) is 15.0. The average molecular weight is 291 g/mol. The van der Waals surface area contributed by atoms with Crippen LogP contribution in [0.5, 0.6) is 5.75 Å². The number of nitrogen functional groups attached to an aromatic ring is 1. The Balaban J connectivity index is 1.50. The molecular formula is C16H25N3O2. The van der Waals surface area contributed by atoms with Crippen LogP contribution < -0.4 is 15.8 Å². The van der Waals surface area contributed by atoms with E-state index in [4.69, 9.17) is 10.5 Å². The van der Waals surface area contributed by atoms with E-state index in [1.807, 2.05) is 12.1 Å². The Kier molecular flexibility index (Phi) is 6.34. The number of hydrogen-bond donors (Lipinski definition) is 2. The van der Waals surface area contributed by atoms with Gasteiger partial charge in [-0.2, -0.15) is 0 Å². The molecule has 0 aliphatic carbocycles. The van der Waals surface area contributed by atoms with Gasteiger partial charge in [0.05, 0.1) is 13.0 Å². The third-order valence-corrected chi connectivity index (χ3v) is 3.65. The van der Waals surface area contributed by atoms with Crippen molar-refractivity contribution in [1.29, 1.82) is 0 Å². The molecule has 3 N–H and O–H groups in total. The Morgan fingerprint density at radius 2 is 1.95 bits per heavy atom. The summed E-state index contributed by atoms with van der Waals surface area (Å²) in [5.74, 6) is 0.790. The summed E-state index contributed by atoms with van der Waals surface area (Å²) in [6.45, 7) is 4.65. The highest BCUT2D eigenvalue weighted by Gasteiger charge is 2.10. The minimum Gasteiger partial charge on any atom is -0.493 e. The zero-order valence-corrected chi connectivity index (χ0v) is 12.5. The predicted molar refractivity (Wildman–Crippen MR) is 84.3 cm³/mol. The fourth-order valence-electron chi connectivity index (χ4n) is 2.45. The molecule has 1 saturated heterocycles. The lowest BCUT2D eigenvalue weighted by Gasteiger charge is -2.14. The van der Waals surface area contributed by atoms with Crippen molar-refractivity contribution in [2.75, 3.05) is 38.5 Å². The summed E-state index contributed by atoms with van der Waals surface area (Å²) in [4.78, 5) is 14.1. The first-order chi connectivity index (χ1) is 10.2. The summed E-state index contributed by atoms with van der Waals surface area (Å²) in [5, 5.41) is 2.94. The van der Waals surface area contributed by atoms with E-state index in [2.05, 4.69) is 10.2 Å². The highest BCUT2D eigenvalue weighted by atomic mass is 16.5. The van der Waals surface area contributed by atoms with Crippen LogP contribution in [0.25, 0.3) is 0 Å². The van der Waals surface area contributed by atoms with Crippen molar-refractivity contribution < 1.29 is 9.53 Å². The highest BCUT2D eigenvalue weighted by Crippen LogP contribution is 2.13. The number of ether oxygens (including phenoxy) is 1.